The molecule has 36 heavy (non-hydrogen) atoms. The molecule has 0 spiro atoms. The van der Waals surface area contributed by atoms with Crippen LogP contribution in [0.2, 0.25) is 0 Å². The van der Waals surface area contributed by atoms with Crippen molar-refractivity contribution in [2.24, 2.45) is 0 Å². The van der Waals surface area contributed by atoms with Gasteiger partial charge in [-0.1, -0.05) is 0 Å². The van der Waals surface area contributed by atoms with Crippen molar-refractivity contribution in [2.45, 2.75) is 30.7 Å². The van der Waals surface area contributed by atoms with Crippen LogP contribution in [0.15, 0.2) is 21.3 Å². The Balaban J connectivity index is 1.93. The summed E-state index contributed by atoms with van der Waals surface area (Å²) in [6.07, 6.45) is -7.96. The number of hydrogen-bond donors (Lipinski definition) is 5. The van der Waals surface area contributed by atoms with E-state index < -0.39 is 48.5 Å². The number of aliphatic hydroxyl groups excluding tert-OH is 4. The molecule has 5 N–H and O–H groups in total. The lowest BCUT2D eigenvalue weighted by molar-refractivity contribution is -0.277. The molecule has 0 unspecified atom stereocenters. The number of benzene rings is 2. The summed E-state index contributed by atoms with van der Waals surface area (Å²) >= 11 is 0. The van der Waals surface area contributed by atoms with Crippen LogP contribution in [0.3, 0.4) is 0 Å². The van der Waals surface area contributed by atoms with Crippen molar-refractivity contribution in [3.05, 3.63) is 22.4 Å². The van der Waals surface area contributed by atoms with Crippen molar-refractivity contribution >= 4 is 21.9 Å². The third-order valence-electron chi connectivity index (χ3n) is 5.95. The van der Waals surface area contributed by atoms with Crippen molar-refractivity contribution < 1.29 is 58.4 Å². The molecule has 1 fully saturated rings. The van der Waals surface area contributed by atoms with Crippen LogP contribution in [0.4, 0.5) is 0 Å². The zero-order valence-electron chi connectivity index (χ0n) is 19.8. The lowest BCUT2D eigenvalue weighted by atomic mass is 9.99. The van der Waals surface area contributed by atoms with Gasteiger partial charge >= 0.3 is 0 Å². The molecule has 1 aliphatic heterocycles. The molecule has 3 aromatic rings. The topological polar surface area (TPSA) is 187 Å². The van der Waals surface area contributed by atoms with E-state index in [-0.39, 0.29) is 50.7 Å². The van der Waals surface area contributed by atoms with Crippen molar-refractivity contribution in [1.29, 1.82) is 0 Å². The van der Waals surface area contributed by atoms with Crippen molar-refractivity contribution in [3.8, 4) is 34.5 Å². The van der Waals surface area contributed by atoms with Gasteiger partial charge in [-0.15, -0.1) is 0 Å². The average molecular weight is 510 g/mol. The monoisotopic (exact) mass is 510 g/mol. The van der Waals surface area contributed by atoms with Gasteiger partial charge < -0.3 is 58.4 Å². The molecule has 5 atom stereocenters. The molecule has 13 heteroatoms. The van der Waals surface area contributed by atoms with Gasteiger partial charge in [-0.05, 0) is 6.07 Å². The quantitative estimate of drug-likeness (QED) is 0.265. The van der Waals surface area contributed by atoms with Crippen molar-refractivity contribution in [3.63, 3.8) is 0 Å². The van der Waals surface area contributed by atoms with E-state index in [4.69, 9.17) is 32.8 Å². The summed E-state index contributed by atoms with van der Waals surface area (Å²) in [4.78, 5) is 13.5. The maximum absolute atomic E-state index is 13.5. The predicted octanol–water partition coefficient (Wildman–Crippen LogP) is -0.135. The van der Waals surface area contributed by atoms with E-state index in [9.17, 15) is 30.3 Å². The second-order valence-electron chi connectivity index (χ2n) is 7.90. The first-order valence-corrected chi connectivity index (χ1v) is 10.7. The van der Waals surface area contributed by atoms with E-state index in [1.807, 2.05) is 0 Å². The minimum absolute atomic E-state index is 0.00116. The van der Waals surface area contributed by atoms with Crippen LogP contribution in [0.1, 0.15) is 0 Å². The van der Waals surface area contributed by atoms with E-state index in [2.05, 4.69) is 0 Å². The van der Waals surface area contributed by atoms with Crippen LogP contribution in [0.5, 0.6) is 34.5 Å². The highest BCUT2D eigenvalue weighted by atomic mass is 16.7. The highest BCUT2D eigenvalue weighted by Gasteiger charge is 2.45. The lowest BCUT2D eigenvalue weighted by Gasteiger charge is -2.39. The molecule has 4 rings (SSSR count). The van der Waals surface area contributed by atoms with Gasteiger partial charge in [0.2, 0.25) is 29.0 Å². The summed E-state index contributed by atoms with van der Waals surface area (Å²) in [6, 6.07) is 2.63. The smallest absolute Gasteiger partial charge is 0.229 e. The summed E-state index contributed by atoms with van der Waals surface area (Å²) in [6.45, 7) is -0.681. The Hall–Kier alpha value is -3.49. The first kappa shape index (κ1) is 25.6. The number of hydrogen-bond acceptors (Lipinski definition) is 13. The SMILES string of the molecule is COc1cc2c(=O)c3c(OC)c(OC)c(OC)cc3oc2c(O)c1O[C@@H]1O[C@H](CO)[C@@H](O)[C@H](O)[C@H]1O. The molecule has 1 aromatic heterocycles. The number of phenols is 1. The molecule has 0 aliphatic carbocycles. The van der Waals surface area contributed by atoms with Gasteiger partial charge in [0.1, 0.15) is 35.4 Å². The highest BCUT2D eigenvalue weighted by Crippen LogP contribution is 2.47. The number of ether oxygens (including phenoxy) is 6. The summed E-state index contributed by atoms with van der Waals surface area (Å²) in [5, 5.41) is 50.7. The number of aliphatic hydroxyl groups is 4. The molecule has 0 bridgehead atoms. The Bertz CT molecular complexity index is 1330. The fourth-order valence-corrected chi connectivity index (χ4v) is 4.10. The Kier molecular flexibility index (Phi) is 7.02. The van der Waals surface area contributed by atoms with Gasteiger partial charge in [0.25, 0.3) is 0 Å². The third-order valence-corrected chi connectivity index (χ3v) is 5.95. The largest absolute Gasteiger partial charge is 0.502 e. The Morgan fingerprint density at radius 1 is 0.861 bits per heavy atom. The fourth-order valence-electron chi connectivity index (χ4n) is 4.10. The summed E-state index contributed by atoms with van der Waals surface area (Å²) in [5.41, 5.74) is -0.875. The van der Waals surface area contributed by atoms with E-state index in [1.165, 1.54) is 40.6 Å². The summed E-state index contributed by atoms with van der Waals surface area (Å²) < 4.78 is 38.1. The minimum atomic E-state index is -1.76. The zero-order chi connectivity index (χ0) is 26.3. The molecule has 2 aromatic carbocycles. The first-order chi connectivity index (χ1) is 17.2. The lowest BCUT2D eigenvalue weighted by Crippen LogP contribution is -2.60. The molecule has 0 radical (unpaired) electrons. The molecular weight excluding hydrogens is 484 g/mol. The molecule has 0 saturated carbocycles. The van der Waals surface area contributed by atoms with E-state index in [0.29, 0.717) is 0 Å². The van der Waals surface area contributed by atoms with Gasteiger partial charge in [-0.3, -0.25) is 4.79 Å². The predicted molar refractivity (Wildman–Crippen MR) is 122 cm³/mol. The van der Waals surface area contributed by atoms with E-state index in [1.54, 1.807) is 0 Å². The molecule has 1 aliphatic rings. The maximum Gasteiger partial charge on any atom is 0.229 e. The van der Waals surface area contributed by atoms with Gasteiger partial charge in [0.15, 0.2) is 22.8 Å². The molecular formula is C23H26O13. The minimum Gasteiger partial charge on any atom is -0.502 e. The van der Waals surface area contributed by atoms with E-state index >= 15 is 0 Å². The summed E-state index contributed by atoms with van der Waals surface area (Å²) in [7, 11) is 5.36. The number of fused-ring (bicyclic) bond motifs is 2. The Morgan fingerprint density at radius 2 is 1.50 bits per heavy atom. The molecule has 2 heterocycles. The Morgan fingerprint density at radius 3 is 2.08 bits per heavy atom. The fraction of sp³-hybridized carbons (Fsp3) is 0.435. The molecule has 0 amide bonds. The molecule has 1 saturated heterocycles. The zero-order valence-corrected chi connectivity index (χ0v) is 19.8. The second kappa shape index (κ2) is 9.87. The van der Waals surface area contributed by atoms with Crippen molar-refractivity contribution in [2.75, 3.05) is 35.0 Å². The molecule has 196 valence electrons. The van der Waals surface area contributed by atoms with Gasteiger partial charge in [0, 0.05) is 6.07 Å². The van der Waals surface area contributed by atoms with Crippen LogP contribution in [-0.2, 0) is 4.74 Å². The maximum atomic E-state index is 13.5. The molecule has 13 nitrogen and oxygen atoms in total. The second-order valence-corrected chi connectivity index (χ2v) is 7.90. The van der Waals surface area contributed by atoms with E-state index in [0.717, 1.165) is 0 Å². The number of methoxy groups -OCH3 is 4. The van der Waals surface area contributed by atoms with Crippen LogP contribution in [0, 0.1) is 0 Å². The third kappa shape index (κ3) is 3.90. The first-order valence-electron chi connectivity index (χ1n) is 10.7. The van der Waals surface area contributed by atoms with Gasteiger partial charge in [0.05, 0.1) is 40.4 Å². The Labute approximate surface area is 203 Å². The highest BCUT2D eigenvalue weighted by molar-refractivity contribution is 5.99. The number of phenolic OH excluding ortho intramolecular Hbond substituents is 1. The average Bonchev–Trinajstić information content (AvgIpc) is 2.89. The standard InChI is InChI=1S/C23H26O13/c1-30-10-5-8-14(25)13-9(6-11(31-2)21(32-3)22(13)33-4)34-19(8)18(29)20(10)36-23-17(28)16(27)15(26)12(7-24)35-23/h5-6,12,15-17,23-24,26-29H,7H2,1-4H3/t12-,15-,16+,17-,23+/m1/s1. The number of aromatic hydroxyl groups is 1. The van der Waals surface area contributed by atoms with Crippen LogP contribution in [-0.4, -0.2) is 91.3 Å². The summed E-state index contributed by atoms with van der Waals surface area (Å²) in [5.74, 6) is -0.767. The van der Waals surface area contributed by atoms with Gasteiger partial charge in [-0.2, -0.15) is 0 Å². The van der Waals surface area contributed by atoms with Crippen molar-refractivity contribution in [1.82, 2.24) is 0 Å². The van der Waals surface area contributed by atoms with Crippen LogP contribution >= 0.6 is 0 Å². The number of rotatable bonds is 7. The van der Waals surface area contributed by atoms with Crippen LogP contribution in [0.25, 0.3) is 21.9 Å². The normalized spacial score (nSPS) is 24.1. The van der Waals surface area contributed by atoms with Gasteiger partial charge in [-0.25, -0.2) is 0 Å². The van der Waals surface area contributed by atoms with Crippen LogP contribution < -0.4 is 29.1 Å².